The van der Waals surface area contributed by atoms with E-state index in [1.54, 1.807) is 18.3 Å². The Labute approximate surface area is 160 Å². The number of nitrogens with zero attached hydrogens (tertiary/aromatic N) is 1. The van der Waals surface area contributed by atoms with E-state index in [4.69, 9.17) is 0 Å². The fourth-order valence-corrected chi connectivity index (χ4v) is 3.53. The molecule has 0 spiro atoms. The van der Waals surface area contributed by atoms with Crippen LogP contribution in [0.5, 0.6) is 0 Å². The average molecular weight is 381 g/mol. The van der Waals surface area contributed by atoms with E-state index in [0.29, 0.717) is 17.5 Å². The average Bonchev–Trinajstić information content (AvgIpc) is 3.00. The van der Waals surface area contributed by atoms with E-state index in [9.17, 15) is 29.7 Å². The summed E-state index contributed by atoms with van der Waals surface area (Å²) in [5.41, 5.74) is 2.20. The Hall–Kier alpha value is -3.61. The molecule has 3 N–H and O–H groups in total. The number of aromatic nitrogens is 1. The Kier molecular flexibility index (Phi) is 5.44. The van der Waals surface area contributed by atoms with Crippen molar-refractivity contribution in [2.24, 2.45) is 5.92 Å². The number of carboxylic acids is 3. The second-order valence-electron chi connectivity index (χ2n) is 6.57. The normalized spacial score (nSPS) is 12.2. The summed E-state index contributed by atoms with van der Waals surface area (Å²) >= 11 is 0. The highest BCUT2D eigenvalue weighted by Gasteiger charge is 2.38. The Bertz CT molecular complexity index is 1010. The van der Waals surface area contributed by atoms with E-state index >= 15 is 0 Å². The molecule has 0 saturated heterocycles. The Morgan fingerprint density at radius 3 is 2.07 bits per heavy atom. The number of hydrogen-bond donors (Lipinski definition) is 3. The molecule has 0 bridgehead atoms. The minimum atomic E-state index is -1.85. The van der Waals surface area contributed by atoms with Crippen LogP contribution < -0.4 is 0 Å². The summed E-state index contributed by atoms with van der Waals surface area (Å²) in [6.07, 6.45) is 1.08. The molecule has 0 aliphatic rings. The van der Waals surface area contributed by atoms with Crippen molar-refractivity contribution in [3.63, 3.8) is 0 Å². The quantitative estimate of drug-likeness (QED) is 0.516. The molecule has 0 fully saturated rings. The third-order valence-corrected chi connectivity index (χ3v) is 4.74. The van der Waals surface area contributed by atoms with E-state index in [-0.39, 0.29) is 0 Å². The molecule has 144 valence electrons. The molecule has 1 unspecified atom stereocenters. The fraction of sp³-hybridized carbons (Fsp3) is 0.190. The highest BCUT2D eigenvalue weighted by Crippen LogP contribution is 2.36. The molecule has 0 aliphatic carbocycles. The summed E-state index contributed by atoms with van der Waals surface area (Å²) < 4.78 is 1.88. The van der Waals surface area contributed by atoms with Gasteiger partial charge in [-0.25, -0.2) is 0 Å². The minimum Gasteiger partial charge on any atom is -0.481 e. The zero-order valence-corrected chi connectivity index (χ0v) is 14.9. The van der Waals surface area contributed by atoms with Crippen molar-refractivity contribution in [1.82, 2.24) is 4.57 Å². The Morgan fingerprint density at radius 1 is 0.857 bits per heavy atom. The summed E-state index contributed by atoms with van der Waals surface area (Å²) in [6.45, 7) is 0.492. The Balaban J connectivity index is 2.15. The van der Waals surface area contributed by atoms with Crippen LogP contribution in [0.2, 0.25) is 0 Å². The van der Waals surface area contributed by atoms with E-state index in [1.807, 2.05) is 47.0 Å². The van der Waals surface area contributed by atoms with E-state index in [2.05, 4.69) is 0 Å². The van der Waals surface area contributed by atoms with Gasteiger partial charge in [-0.3, -0.25) is 14.4 Å². The fourth-order valence-electron chi connectivity index (χ4n) is 3.53. The molecule has 1 heterocycles. The van der Waals surface area contributed by atoms with Gasteiger partial charge < -0.3 is 19.9 Å². The van der Waals surface area contributed by atoms with Gasteiger partial charge in [0.2, 0.25) is 0 Å². The van der Waals surface area contributed by atoms with Crippen LogP contribution in [0.4, 0.5) is 0 Å². The number of benzene rings is 2. The first-order valence-electron chi connectivity index (χ1n) is 8.67. The van der Waals surface area contributed by atoms with Crippen molar-refractivity contribution < 1.29 is 29.7 Å². The van der Waals surface area contributed by atoms with Crippen LogP contribution in [-0.2, 0) is 20.9 Å². The first-order valence-corrected chi connectivity index (χ1v) is 8.67. The van der Waals surface area contributed by atoms with Crippen molar-refractivity contribution in [3.8, 4) is 0 Å². The lowest BCUT2D eigenvalue weighted by Crippen LogP contribution is -2.31. The molecule has 0 amide bonds. The van der Waals surface area contributed by atoms with Gasteiger partial charge in [-0.05, 0) is 17.2 Å². The molecular weight excluding hydrogens is 362 g/mol. The lowest BCUT2D eigenvalue weighted by atomic mass is 9.83. The van der Waals surface area contributed by atoms with Gasteiger partial charge in [0.15, 0.2) is 5.92 Å². The third-order valence-electron chi connectivity index (χ3n) is 4.74. The zero-order valence-electron chi connectivity index (χ0n) is 14.9. The molecule has 28 heavy (non-hydrogen) atoms. The zero-order chi connectivity index (χ0) is 20.3. The second-order valence-corrected chi connectivity index (χ2v) is 6.57. The highest BCUT2D eigenvalue weighted by molar-refractivity contribution is 5.96. The molecule has 0 aliphatic heterocycles. The van der Waals surface area contributed by atoms with Crippen molar-refractivity contribution in [3.05, 3.63) is 71.9 Å². The first kappa shape index (κ1) is 19.2. The SMILES string of the molecule is O=C(O)CC(c1cn(Cc2ccccc2)c2ccccc12)C(C(=O)O)C(=O)O. The number of rotatable bonds is 8. The van der Waals surface area contributed by atoms with Gasteiger partial charge in [0, 0.05) is 29.6 Å². The maximum Gasteiger partial charge on any atom is 0.318 e. The smallest absolute Gasteiger partial charge is 0.318 e. The van der Waals surface area contributed by atoms with Crippen molar-refractivity contribution >= 4 is 28.8 Å². The highest BCUT2D eigenvalue weighted by atomic mass is 16.4. The van der Waals surface area contributed by atoms with Crippen LogP contribution in [-0.4, -0.2) is 37.8 Å². The van der Waals surface area contributed by atoms with Gasteiger partial charge in [0.1, 0.15) is 0 Å². The van der Waals surface area contributed by atoms with Gasteiger partial charge in [-0.1, -0.05) is 48.5 Å². The van der Waals surface area contributed by atoms with Gasteiger partial charge in [-0.15, -0.1) is 0 Å². The lowest BCUT2D eigenvalue weighted by molar-refractivity contribution is -0.156. The van der Waals surface area contributed by atoms with Gasteiger partial charge in [0.05, 0.1) is 6.42 Å². The minimum absolute atomic E-state index is 0.406. The van der Waals surface area contributed by atoms with E-state index in [0.717, 1.165) is 11.1 Å². The number of aliphatic carboxylic acids is 3. The summed E-state index contributed by atoms with van der Waals surface area (Å²) in [5, 5.41) is 28.8. The predicted octanol–water partition coefficient (Wildman–Crippen LogP) is 3.03. The number of hydrogen-bond acceptors (Lipinski definition) is 3. The van der Waals surface area contributed by atoms with E-state index in [1.165, 1.54) is 0 Å². The first-order chi connectivity index (χ1) is 13.4. The van der Waals surface area contributed by atoms with E-state index < -0.39 is 36.2 Å². The largest absolute Gasteiger partial charge is 0.481 e. The van der Waals surface area contributed by atoms with Gasteiger partial charge in [-0.2, -0.15) is 0 Å². The molecule has 7 heteroatoms. The topological polar surface area (TPSA) is 117 Å². The molecule has 1 atom stereocenters. The van der Waals surface area contributed by atoms with Crippen LogP contribution in [0.15, 0.2) is 60.8 Å². The molecular formula is C21H19NO6. The van der Waals surface area contributed by atoms with Crippen LogP contribution in [0, 0.1) is 5.92 Å². The van der Waals surface area contributed by atoms with Crippen molar-refractivity contribution in [2.45, 2.75) is 18.9 Å². The van der Waals surface area contributed by atoms with Crippen LogP contribution in [0.25, 0.3) is 10.9 Å². The summed E-state index contributed by atoms with van der Waals surface area (Å²) in [6, 6.07) is 16.8. The lowest BCUT2D eigenvalue weighted by Gasteiger charge is -2.19. The molecule has 2 aromatic carbocycles. The summed E-state index contributed by atoms with van der Waals surface area (Å²) in [5.74, 6) is -7.42. The van der Waals surface area contributed by atoms with Crippen molar-refractivity contribution in [1.29, 1.82) is 0 Å². The predicted molar refractivity (Wildman–Crippen MR) is 101 cm³/mol. The number of fused-ring (bicyclic) bond motifs is 1. The molecule has 3 rings (SSSR count). The summed E-state index contributed by atoms with van der Waals surface area (Å²) in [7, 11) is 0. The maximum absolute atomic E-state index is 11.6. The molecule has 7 nitrogen and oxygen atoms in total. The molecule has 0 radical (unpaired) electrons. The number of carbonyl (C=O) groups is 3. The van der Waals surface area contributed by atoms with Crippen molar-refractivity contribution in [2.75, 3.05) is 0 Å². The van der Waals surface area contributed by atoms with Gasteiger partial charge >= 0.3 is 17.9 Å². The number of carboxylic acid groups (broad SMARTS) is 3. The monoisotopic (exact) mass is 381 g/mol. The van der Waals surface area contributed by atoms with Crippen LogP contribution >= 0.6 is 0 Å². The summed E-state index contributed by atoms with van der Waals surface area (Å²) in [4.78, 5) is 34.6. The van der Waals surface area contributed by atoms with Crippen LogP contribution in [0.1, 0.15) is 23.5 Å². The standard InChI is InChI=1S/C21H19NO6/c23-18(24)10-15(19(20(25)26)21(27)28)16-12-22(11-13-6-2-1-3-7-13)17-9-5-4-8-14(16)17/h1-9,12,15,19H,10-11H2,(H,23,24)(H,25,26)(H,27,28). The maximum atomic E-state index is 11.6. The van der Waals surface area contributed by atoms with Crippen LogP contribution in [0.3, 0.4) is 0 Å². The Morgan fingerprint density at radius 2 is 1.46 bits per heavy atom. The second kappa shape index (κ2) is 7.96. The van der Waals surface area contributed by atoms with Gasteiger partial charge in [0.25, 0.3) is 0 Å². The third kappa shape index (κ3) is 3.88. The molecule has 0 saturated carbocycles. The molecule has 1 aromatic heterocycles. The number of para-hydroxylation sites is 1. The molecule has 3 aromatic rings.